The number of carboxylic acid groups (broad SMARTS) is 1. The molecule has 18 heavy (non-hydrogen) atoms. The summed E-state index contributed by atoms with van der Waals surface area (Å²) in [4.78, 5) is 14.9. The fourth-order valence-electron chi connectivity index (χ4n) is 1.78. The first-order valence-electron chi connectivity index (χ1n) is 5.84. The number of carbonyl (C=O) groups is 1. The summed E-state index contributed by atoms with van der Waals surface area (Å²) in [7, 11) is 0. The van der Waals surface area contributed by atoms with Gasteiger partial charge in [-0.1, -0.05) is 29.8 Å². The Hall–Kier alpha value is -1.68. The van der Waals surface area contributed by atoms with E-state index in [1.807, 2.05) is 11.4 Å². The van der Waals surface area contributed by atoms with Crippen molar-refractivity contribution in [2.24, 2.45) is 0 Å². The molecule has 0 fully saturated rings. The molecule has 1 aromatic carbocycles. The second kappa shape index (κ2) is 5.78. The van der Waals surface area contributed by atoms with E-state index in [9.17, 15) is 4.79 Å². The smallest absolute Gasteiger partial charge is 0.303 e. The third-order valence-electron chi connectivity index (χ3n) is 2.63. The Kier molecular flexibility index (Phi) is 4.10. The van der Waals surface area contributed by atoms with Crippen LogP contribution in [0.4, 0.5) is 0 Å². The van der Waals surface area contributed by atoms with Gasteiger partial charge < -0.3 is 5.11 Å². The molecule has 0 aliphatic heterocycles. The molecular formula is C14H15NO2S. The van der Waals surface area contributed by atoms with Gasteiger partial charge in [0.2, 0.25) is 0 Å². The van der Waals surface area contributed by atoms with E-state index in [2.05, 4.69) is 30.1 Å². The summed E-state index contributed by atoms with van der Waals surface area (Å²) < 4.78 is 0. The molecule has 0 aliphatic rings. The van der Waals surface area contributed by atoms with Crippen LogP contribution in [0.5, 0.6) is 0 Å². The van der Waals surface area contributed by atoms with Crippen LogP contribution in [0.3, 0.4) is 0 Å². The summed E-state index contributed by atoms with van der Waals surface area (Å²) in [5, 5.41) is 11.6. The highest BCUT2D eigenvalue weighted by Crippen LogP contribution is 2.16. The summed E-state index contributed by atoms with van der Waals surface area (Å²) >= 11 is 1.60. The first kappa shape index (κ1) is 12.8. The van der Waals surface area contributed by atoms with Crippen LogP contribution in [-0.4, -0.2) is 16.1 Å². The average molecular weight is 261 g/mol. The summed E-state index contributed by atoms with van der Waals surface area (Å²) in [5.41, 5.74) is 3.37. The van der Waals surface area contributed by atoms with E-state index in [1.165, 1.54) is 11.1 Å². The van der Waals surface area contributed by atoms with E-state index in [0.29, 0.717) is 6.42 Å². The number of aliphatic carboxylic acids is 1. The Morgan fingerprint density at radius 2 is 2.28 bits per heavy atom. The Balaban J connectivity index is 2.00. The third-order valence-corrected chi connectivity index (χ3v) is 3.53. The Morgan fingerprint density at radius 3 is 3.00 bits per heavy atom. The molecule has 2 rings (SSSR count). The lowest BCUT2D eigenvalue weighted by molar-refractivity contribution is -0.136. The molecule has 0 bridgehead atoms. The van der Waals surface area contributed by atoms with Crippen molar-refractivity contribution in [2.75, 3.05) is 0 Å². The molecule has 0 aliphatic carbocycles. The summed E-state index contributed by atoms with van der Waals surface area (Å²) in [6.45, 7) is 2.07. The molecule has 2 aromatic rings. The Morgan fingerprint density at radius 1 is 1.44 bits per heavy atom. The Bertz CT molecular complexity index is 548. The van der Waals surface area contributed by atoms with Gasteiger partial charge >= 0.3 is 5.97 Å². The van der Waals surface area contributed by atoms with E-state index in [4.69, 9.17) is 5.11 Å². The lowest BCUT2D eigenvalue weighted by atomic mass is 10.1. The maximum atomic E-state index is 10.5. The first-order valence-corrected chi connectivity index (χ1v) is 6.72. The molecule has 0 amide bonds. The van der Waals surface area contributed by atoms with E-state index in [-0.39, 0.29) is 6.42 Å². The van der Waals surface area contributed by atoms with Crippen LogP contribution in [0.1, 0.15) is 28.2 Å². The molecule has 1 aromatic heterocycles. The molecule has 3 nitrogen and oxygen atoms in total. The first-order chi connectivity index (χ1) is 8.63. The van der Waals surface area contributed by atoms with Crippen LogP contribution in [0.15, 0.2) is 29.6 Å². The van der Waals surface area contributed by atoms with Crippen molar-refractivity contribution < 1.29 is 9.90 Å². The van der Waals surface area contributed by atoms with Crippen LogP contribution >= 0.6 is 11.3 Å². The second-order valence-corrected chi connectivity index (χ2v) is 5.23. The van der Waals surface area contributed by atoms with Crippen LogP contribution in [0.2, 0.25) is 0 Å². The van der Waals surface area contributed by atoms with Gasteiger partial charge in [0.25, 0.3) is 0 Å². The molecule has 0 saturated heterocycles. The van der Waals surface area contributed by atoms with Crippen LogP contribution in [0, 0.1) is 6.92 Å². The molecule has 0 radical (unpaired) electrons. The van der Waals surface area contributed by atoms with Gasteiger partial charge in [-0.15, -0.1) is 11.3 Å². The van der Waals surface area contributed by atoms with Gasteiger partial charge in [-0.2, -0.15) is 0 Å². The molecule has 0 saturated carbocycles. The lowest BCUT2D eigenvalue weighted by Crippen LogP contribution is -1.98. The topological polar surface area (TPSA) is 50.2 Å². The Labute approximate surface area is 110 Å². The molecule has 1 heterocycles. The van der Waals surface area contributed by atoms with Crippen molar-refractivity contribution in [3.8, 4) is 0 Å². The molecule has 94 valence electrons. The van der Waals surface area contributed by atoms with Crippen LogP contribution in [-0.2, 0) is 17.6 Å². The highest BCUT2D eigenvalue weighted by Gasteiger charge is 2.05. The van der Waals surface area contributed by atoms with Crippen molar-refractivity contribution in [1.82, 2.24) is 4.98 Å². The minimum Gasteiger partial charge on any atom is -0.481 e. The van der Waals surface area contributed by atoms with E-state index in [1.54, 1.807) is 11.3 Å². The van der Waals surface area contributed by atoms with Crippen molar-refractivity contribution in [3.63, 3.8) is 0 Å². The third kappa shape index (κ3) is 3.67. The fraction of sp³-hybridized carbons (Fsp3) is 0.286. The minimum absolute atomic E-state index is 0.146. The summed E-state index contributed by atoms with van der Waals surface area (Å²) in [5.74, 6) is -0.775. The monoisotopic (exact) mass is 261 g/mol. The van der Waals surface area contributed by atoms with Gasteiger partial charge in [-0.3, -0.25) is 4.79 Å². The fourth-order valence-corrected chi connectivity index (χ4v) is 2.64. The number of rotatable bonds is 5. The van der Waals surface area contributed by atoms with Gasteiger partial charge in [0, 0.05) is 18.2 Å². The maximum absolute atomic E-state index is 10.5. The van der Waals surface area contributed by atoms with E-state index in [0.717, 1.165) is 17.1 Å². The molecule has 1 N–H and O–H groups in total. The van der Waals surface area contributed by atoms with Crippen LogP contribution in [0.25, 0.3) is 0 Å². The SMILES string of the molecule is Cc1cccc(Cc2nc(CCC(=O)O)cs2)c1. The maximum Gasteiger partial charge on any atom is 0.303 e. The average Bonchev–Trinajstić information content (AvgIpc) is 2.74. The van der Waals surface area contributed by atoms with Gasteiger partial charge in [-0.25, -0.2) is 4.98 Å². The zero-order valence-corrected chi connectivity index (χ0v) is 11.0. The largest absolute Gasteiger partial charge is 0.481 e. The lowest BCUT2D eigenvalue weighted by Gasteiger charge is -1.99. The molecule has 0 spiro atoms. The standard InChI is InChI=1S/C14H15NO2S/c1-10-3-2-4-11(7-10)8-13-15-12(9-18-13)5-6-14(16)17/h2-4,7,9H,5-6,8H2,1H3,(H,16,17). The molecule has 4 heteroatoms. The number of carboxylic acids is 1. The van der Waals surface area contributed by atoms with Crippen molar-refractivity contribution in [2.45, 2.75) is 26.2 Å². The number of thiazole rings is 1. The van der Waals surface area contributed by atoms with Crippen molar-refractivity contribution in [1.29, 1.82) is 0 Å². The molecule has 0 atom stereocenters. The zero-order valence-electron chi connectivity index (χ0n) is 10.2. The summed E-state index contributed by atoms with van der Waals surface area (Å²) in [6.07, 6.45) is 1.48. The van der Waals surface area contributed by atoms with Crippen LogP contribution < -0.4 is 0 Å². The number of benzene rings is 1. The number of hydrogen-bond acceptors (Lipinski definition) is 3. The van der Waals surface area contributed by atoms with Gasteiger partial charge in [0.05, 0.1) is 17.1 Å². The van der Waals surface area contributed by atoms with Crippen molar-refractivity contribution >= 4 is 17.3 Å². The normalized spacial score (nSPS) is 10.5. The second-order valence-electron chi connectivity index (χ2n) is 4.29. The minimum atomic E-state index is -0.775. The number of nitrogens with zero attached hydrogens (tertiary/aromatic N) is 1. The zero-order chi connectivity index (χ0) is 13.0. The predicted octanol–water partition coefficient (Wildman–Crippen LogP) is 3.06. The highest BCUT2D eigenvalue weighted by atomic mass is 32.1. The predicted molar refractivity (Wildman–Crippen MR) is 72.1 cm³/mol. The molecule has 0 unspecified atom stereocenters. The number of aromatic nitrogens is 1. The number of hydrogen-bond donors (Lipinski definition) is 1. The van der Waals surface area contributed by atoms with Gasteiger partial charge in [0.15, 0.2) is 0 Å². The summed E-state index contributed by atoms with van der Waals surface area (Å²) in [6, 6.07) is 8.36. The quantitative estimate of drug-likeness (QED) is 0.900. The van der Waals surface area contributed by atoms with Crippen molar-refractivity contribution in [3.05, 3.63) is 51.5 Å². The van der Waals surface area contributed by atoms with E-state index < -0.39 is 5.97 Å². The number of aryl methyl sites for hydroxylation is 2. The van der Waals surface area contributed by atoms with Gasteiger partial charge in [-0.05, 0) is 12.5 Å². The highest BCUT2D eigenvalue weighted by molar-refractivity contribution is 7.09. The van der Waals surface area contributed by atoms with Gasteiger partial charge in [0.1, 0.15) is 0 Å². The van der Waals surface area contributed by atoms with E-state index >= 15 is 0 Å². The molecular weight excluding hydrogens is 246 g/mol.